The first-order valence-corrected chi connectivity index (χ1v) is 6.99. The van der Waals surface area contributed by atoms with Crippen molar-refractivity contribution in [3.8, 4) is 0 Å². The van der Waals surface area contributed by atoms with Gasteiger partial charge < -0.3 is 20.6 Å². The SMILES string of the molecule is Cc1cc(N(C)CCOCC2CC2)ccc1/C(N)=N/O. The van der Waals surface area contributed by atoms with Crippen LogP contribution in [0.4, 0.5) is 5.69 Å². The van der Waals surface area contributed by atoms with Crippen molar-refractivity contribution in [2.75, 3.05) is 31.7 Å². The Balaban J connectivity index is 1.88. The molecule has 1 saturated carbocycles. The number of likely N-dealkylation sites (N-methyl/N-ethyl adjacent to an activating group) is 1. The van der Waals surface area contributed by atoms with E-state index in [4.69, 9.17) is 15.7 Å². The Hall–Kier alpha value is -1.75. The molecule has 1 aliphatic carbocycles. The molecule has 2 rings (SSSR count). The minimum absolute atomic E-state index is 0.143. The van der Waals surface area contributed by atoms with Gasteiger partial charge in [0.25, 0.3) is 0 Å². The smallest absolute Gasteiger partial charge is 0.170 e. The molecule has 5 nitrogen and oxygen atoms in total. The van der Waals surface area contributed by atoms with Crippen molar-refractivity contribution in [2.45, 2.75) is 19.8 Å². The normalized spacial score (nSPS) is 15.4. The van der Waals surface area contributed by atoms with Gasteiger partial charge in [-0.2, -0.15) is 0 Å². The summed E-state index contributed by atoms with van der Waals surface area (Å²) in [6.07, 6.45) is 2.65. The van der Waals surface area contributed by atoms with Crippen LogP contribution in [0.1, 0.15) is 24.0 Å². The quantitative estimate of drug-likeness (QED) is 0.263. The minimum Gasteiger partial charge on any atom is -0.409 e. The standard InChI is InChI=1S/C15H23N3O2/c1-11-9-13(5-6-14(11)15(16)17-19)18(2)7-8-20-10-12-3-4-12/h5-6,9,12,19H,3-4,7-8,10H2,1-2H3,(H2,16,17). The lowest BCUT2D eigenvalue weighted by Crippen LogP contribution is -2.23. The Labute approximate surface area is 120 Å². The van der Waals surface area contributed by atoms with E-state index in [1.807, 2.05) is 32.2 Å². The number of oxime groups is 1. The van der Waals surface area contributed by atoms with E-state index >= 15 is 0 Å². The number of aryl methyl sites for hydroxylation is 1. The summed E-state index contributed by atoms with van der Waals surface area (Å²) in [5, 5.41) is 11.8. The number of amidine groups is 1. The topological polar surface area (TPSA) is 71.1 Å². The van der Waals surface area contributed by atoms with Gasteiger partial charge in [0.2, 0.25) is 0 Å². The van der Waals surface area contributed by atoms with Crippen molar-refractivity contribution in [3.63, 3.8) is 0 Å². The number of rotatable bonds is 7. The molecule has 0 radical (unpaired) electrons. The average Bonchev–Trinajstić information content (AvgIpc) is 3.26. The zero-order valence-electron chi connectivity index (χ0n) is 12.2. The van der Waals surface area contributed by atoms with Crippen molar-refractivity contribution in [2.24, 2.45) is 16.8 Å². The molecule has 0 spiro atoms. The fourth-order valence-electron chi connectivity index (χ4n) is 2.09. The van der Waals surface area contributed by atoms with Crippen LogP contribution in [0.2, 0.25) is 0 Å². The van der Waals surface area contributed by atoms with Gasteiger partial charge in [0.15, 0.2) is 5.84 Å². The van der Waals surface area contributed by atoms with Crippen LogP contribution in [0.25, 0.3) is 0 Å². The van der Waals surface area contributed by atoms with Crippen LogP contribution in [-0.2, 0) is 4.74 Å². The maximum absolute atomic E-state index is 8.72. The van der Waals surface area contributed by atoms with Gasteiger partial charge in [0, 0.05) is 31.5 Å². The number of hydrogen-bond donors (Lipinski definition) is 2. The number of nitrogens with zero attached hydrogens (tertiary/aromatic N) is 2. The molecule has 1 aromatic rings. The van der Waals surface area contributed by atoms with Gasteiger partial charge in [-0.3, -0.25) is 0 Å². The lowest BCUT2D eigenvalue weighted by Gasteiger charge is -2.20. The van der Waals surface area contributed by atoms with Crippen LogP contribution >= 0.6 is 0 Å². The summed E-state index contributed by atoms with van der Waals surface area (Å²) in [4.78, 5) is 2.15. The maximum Gasteiger partial charge on any atom is 0.170 e. The lowest BCUT2D eigenvalue weighted by molar-refractivity contribution is 0.131. The van der Waals surface area contributed by atoms with Gasteiger partial charge >= 0.3 is 0 Å². The van der Waals surface area contributed by atoms with Gasteiger partial charge in [-0.05, 0) is 49.4 Å². The van der Waals surface area contributed by atoms with Crippen molar-refractivity contribution < 1.29 is 9.94 Å². The summed E-state index contributed by atoms with van der Waals surface area (Å²) in [5.74, 6) is 0.951. The molecule has 1 aliphatic rings. The van der Waals surface area contributed by atoms with Crippen LogP contribution in [0.5, 0.6) is 0 Å². The van der Waals surface area contributed by atoms with Gasteiger partial charge in [0.05, 0.1) is 6.61 Å². The fourth-order valence-corrected chi connectivity index (χ4v) is 2.09. The molecule has 3 N–H and O–H groups in total. The summed E-state index contributed by atoms with van der Waals surface area (Å²) in [6, 6.07) is 5.89. The number of benzene rings is 1. The van der Waals surface area contributed by atoms with Crippen LogP contribution in [0, 0.1) is 12.8 Å². The second-order valence-electron chi connectivity index (χ2n) is 5.42. The lowest BCUT2D eigenvalue weighted by atomic mass is 10.1. The van der Waals surface area contributed by atoms with Gasteiger partial charge in [-0.15, -0.1) is 0 Å². The summed E-state index contributed by atoms with van der Waals surface area (Å²) in [5.41, 5.74) is 8.47. The van der Waals surface area contributed by atoms with E-state index in [1.54, 1.807) is 0 Å². The van der Waals surface area contributed by atoms with E-state index in [0.717, 1.165) is 42.5 Å². The molecule has 1 aromatic carbocycles. The van der Waals surface area contributed by atoms with Crippen LogP contribution in [0.3, 0.4) is 0 Å². The third-order valence-corrected chi connectivity index (χ3v) is 3.66. The average molecular weight is 277 g/mol. The van der Waals surface area contributed by atoms with E-state index in [1.165, 1.54) is 12.8 Å². The van der Waals surface area contributed by atoms with E-state index in [0.29, 0.717) is 0 Å². The number of ether oxygens (including phenoxy) is 1. The van der Waals surface area contributed by atoms with Crippen molar-refractivity contribution >= 4 is 11.5 Å². The summed E-state index contributed by atoms with van der Waals surface area (Å²) < 4.78 is 5.65. The molecule has 0 saturated heterocycles. The van der Waals surface area contributed by atoms with Crippen LogP contribution < -0.4 is 10.6 Å². The fraction of sp³-hybridized carbons (Fsp3) is 0.533. The van der Waals surface area contributed by atoms with E-state index in [9.17, 15) is 0 Å². The Kier molecular flexibility index (Phi) is 4.84. The number of nitrogens with two attached hydrogens (primary N) is 1. The molecule has 0 aromatic heterocycles. The summed E-state index contributed by atoms with van der Waals surface area (Å²) >= 11 is 0. The third-order valence-electron chi connectivity index (χ3n) is 3.66. The third kappa shape index (κ3) is 3.87. The first-order chi connectivity index (χ1) is 9.61. The van der Waals surface area contributed by atoms with E-state index in [-0.39, 0.29) is 5.84 Å². The maximum atomic E-state index is 8.72. The molecule has 0 bridgehead atoms. The molecule has 0 amide bonds. The molecule has 5 heteroatoms. The molecule has 20 heavy (non-hydrogen) atoms. The Bertz CT molecular complexity index is 484. The van der Waals surface area contributed by atoms with Gasteiger partial charge in [-0.25, -0.2) is 0 Å². The molecular weight excluding hydrogens is 254 g/mol. The zero-order valence-corrected chi connectivity index (χ0v) is 12.2. The predicted octanol–water partition coefficient (Wildman–Crippen LogP) is 1.95. The van der Waals surface area contributed by atoms with Gasteiger partial charge in [0.1, 0.15) is 0 Å². The molecule has 0 aliphatic heterocycles. The van der Waals surface area contributed by atoms with Crippen molar-refractivity contribution in [3.05, 3.63) is 29.3 Å². The minimum atomic E-state index is 0.143. The highest BCUT2D eigenvalue weighted by molar-refractivity contribution is 5.98. The van der Waals surface area contributed by atoms with Crippen LogP contribution in [0.15, 0.2) is 23.4 Å². The molecular formula is C15H23N3O2. The Morgan fingerprint density at radius 3 is 2.85 bits per heavy atom. The number of hydrogen-bond acceptors (Lipinski definition) is 4. The highest BCUT2D eigenvalue weighted by Crippen LogP contribution is 2.28. The Morgan fingerprint density at radius 2 is 2.25 bits per heavy atom. The summed E-state index contributed by atoms with van der Waals surface area (Å²) in [7, 11) is 2.04. The molecule has 0 unspecified atom stereocenters. The zero-order chi connectivity index (χ0) is 14.5. The highest BCUT2D eigenvalue weighted by Gasteiger charge is 2.20. The summed E-state index contributed by atoms with van der Waals surface area (Å²) in [6.45, 7) is 4.45. The van der Waals surface area contributed by atoms with Crippen molar-refractivity contribution in [1.29, 1.82) is 0 Å². The largest absolute Gasteiger partial charge is 0.409 e. The predicted molar refractivity (Wildman–Crippen MR) is 80.5 cm³/mol. The first kappa shape index (κ1) is 14.7. The number of anilines is 1. The monoisotopic (exact) mass is 277 g/mol. The molecule has 110 valence electrons. The van der Waals surface area contributed by atoms with Crippen molar-refractivity contribution in [1.82, 2.24) is 0 Å². The molecule has 0 atom stereocenters. The van der Waals surface area contributed by atoms with Gasteiger partial charge in [-0.1, -0.05) is 5.16 Å². The Morgan fingerprint density at radius 1 is 1.50 bits per heavy atom. The van der Waals surface area contributed by atoms with E-state index < -0.39 is 0 Å². The second-order valence-corrected chi connectivity index (χ2v) is 5.42. The highest BCUT2D eigenvalue weighted by atomic mass is 16.5. The first-order valence-electron chi connectivity index (χ1n) is 6.99. The molecule has 0 heterocycles. The second kappa shape index (κ2) is 6.61. The van der Waals surface area contributed by atoms with E-state index in [2.05, 4.69) is 10.1 Å². The molecule has 1 fully saturated rings. The van der Waals surface area contributed by atoms with Crippen LogP contribution in [-0.4, -0.2) is 37.8 Å².